The monoisotopic (exact) mass is 296 g/mol. The van der Waals surface area contributed by atoms with E-state index in [1.807, 2.05) is 0 Å². The van der Waals surface area contributed by atoms with E-state index in [-0.39, 0.29) is 11.5 Å². The van der Waals surface area contributed by atoms with Crippen molar-refractivity contribution in [3.05, 3.63) is 66.3 Å². The lowest BCUT2D eigenvalue weighted by atomic mass is 9.98. The van der Waals surface area contributed by atoms with Gasteiger partial charge in [-0.1, -0.05) is 18.2 Å². The van der Waals surface area contributed by atoms with E-state index >= 15 is 0 Å². The van der Waals surface area contributed by atoms with Crippen LogP contribution >= 0.6 is 0 Å². The summed E-state index contributed by atoms with van der Waals surface area (Å²) in [4.78, 5) is 10.6. The summed E-state index contributed by atoms with van der Waals surface area (Å²) >= 11 is 0. The molecule has 2 aromatic rings. The third-order valence-corrected chi connectivity index (χ3v) is 3.17. The first-order valence-corrected chi connectivity index (χ1v) is 6.68. The Balaban J connectivity index is 2.51. The fraction of sp³-hybridized carbons (Fsp3) is 0.0556. The molecule has 2 aromatic carbocycles. The molecular formula is C18H16O4. The second kappa shape index (κ2) is 6.63. The quantitative estimate of drug-likeness (QED) is 0.582. The van der Waals surface area contributed by atoms with Gasteiger partial charge in [0.2, 0.25) is 0 Å². The van der Waals surface area contributed by atoms with E-state index in [9.17, 15) is 15.0 Å². The van der Waals surface area contributed by atoms with Crippen LogP contribution in [0.5, 0.6) is 11.5 Å². The summed E-state index contributed by atoms with van der Waals surface area (Å²) in [5.74, 6) is -0.994. The Kier molecular flexibility index (Phi) is 4.63. The molecule has 3 N–H and O–H groups in total. The standard InChI is InChI=1S/C18H16O4/c1-2-3-12-4-7-16(19)14(10-12)15-11-13(5-8-17(15)20)6-9-18(21)22/h2,4-11,19-20H,1,3H2,(H,21,22)/b9-6+. The van der Waals surface area contributed by atoms with Crippen LogP contribution in [0.4, 0.5) is 0 Å². The Morgan fingerprint density at radius 1 is 1.05 bits per heavy atom. The second-order valence-corrected chi connectivity index (χ2v) is 4.79. The maximum absolute atomic E-state index is 10.6. The van der Waals surface area contributed by atoms with Crippen LogP contribution in [0.3, 0.4) is 0 Å². The zero-order valence-corrected chi connectivity index (χ0v) is 11.9. The van der Waals surface area contributed by atoms with Crippen molar-refractivity contribution in [3.8, 4) is 22.6 Å². The molecule has 0 amide bonds. The lowest BCUT2D eigenvalue weighted by Crippen LogP contribution is -1.88. The van der Waals surface area contributed by atoms with E-state index in [2.05, 4.69) is 6.58 Å². The fourth-order valence-electron chi connectivity index (χ4n) is 2.13. The van der Waals surface area contributed by atoms with Gasteiger partial charge in [0, 0.05) is 17.2 Å². The molecule has 0 saturated heterocycles. The van der Waals surface area contributed by atoms with Gasteiger partial charge in [-0.2, -0.15) is 0 Å². The second-order valence-electron chi connectivity index (χ2n) is 4.79. The van der Waals surface area contributed by atoms with Gasteiger partial charge in [0.15, 0.2) is 0 Å². The van der Waals surface area contributed by atoms with Crippen molar-refractivity contribution in [3.63, 3.8) is 0 Å². The van der Waals surface area contributed by atoms with Gasteiger partial charge < -0.3 is 15.3 Å². The zero-order chi connectivity index (χ0) is 16.1. The van der Waals surface area contributed by atoms with Gasteiger partial charge in [0.05, 0.1) is 0 Å². The van der Waals surface area contributed by atoms with Gasteiger partial charge in [0.1, 0.15) is 11.5 Å². The number of phenols is 2. The topological polar surface area (TPSA) is 77.8 Å². The molecule has 22 heavy (non-hydrogen) atoms. The first-order valence-electron chi connectivity index (χ1n) is 6.68. The SMILES string of the molecule is C=CCc1ccc(O)c(-c2cc(/C=C/C(=O)O)ccc2O)c1. The largest absolute Gasteiger partial charge is 0.507 e. The van der Waals surface area contributed by atoms with Crippen LogP contribution < -0.4 is 0 Å². The number of carbonyl (C=O) groups is 1. The lowest BCUT2D eigenvalue weighted by Gasteiger charge is -2.10. The molecule has 0 radical (unpaired) electrons. The molecule has 0 heterocycles. The first-order chi connectivity index (χ1) is 10.5. The van der Waals surface area contributed by atoms with Crippen LogP contribution in [0.1, 0.15) is 11.1 Å². The molecule has 0 aliphatic carbocycles. The maximum Gasteiger partial charge on any atom is 0.328 e. The normalized spacial score (nSPS) is 10.7. The Morgan fingerprint density at radius 3 is 2.32 bits per heavy atom. The highest BCUT2D eigenvalue weighted by molar-refractivity contribution is 5.86. The van der Waals surface area contributed by atoms with Crippen molar-refractivity contribution in [2.45, 2.75) is 6.42 Å². The molecule has 0 aliphatic rings. The minimum Gasteiger partial charge on any atom is -0.507 e. The average Bonchev–Trinajstić information content (AvgIpc) is 2.49. The number of rotatable bonds is 5. The van der Waals surface area contributed by atoms with Crippen molar-refractivity contribution in [2.75, 3.05) is 0 Å². The van der Waals surface area contributed by atoms with E-state index in [1.165, 1.54) is 12.1 Å². The highest BCUT2D eigenvalue weighted by Gasteiger charge is 2.10. The van der Waals surface area contributed by atoms with Crippen LogP contribution in [-0.2, 0) is 11.2 Å². The van der Waals surface area contributed by atoms with Crippen molar-refractivity contribution in [2.24, 2.45) is 0 Å². The van der Waals surface area contributed by atoms with E-state index < -0.39 is 5.97 Å². The predicted molar refractivity (Wildman–Crippen MR) is 85.8 cm³/mol. The molecule has 4 heteroatoms. The van der Waals surface area contributed by atoms with Crippen LogP contribution in [0.25, 0.3) is 17.2 Å². The number of benzene rings is 2. The minimum absolute atomic E-state index is 0.0125. The molecule has 112 valence electrons. The number of carboxylic acids is 1. The highest BCUT2D eigenvalue weighted by atomic mass is 16.4. The summed E-state index contributed by atoms with van der Waals surface area (Å²) in [6.45, 7) is 3.68. The number of aliphatic carboxylic acids is 1. The molecule has 0 fully saturated rings. The number of carboxylic acid groups (broad SMARTS) is 1. The molecule has 0 aromatic heterocycles. The Labute approximate surface area is 128 Å². The molecule has 0 unspecified atom stereocenters. The molecule has 2 rings (SSSR count). The third kappa shape index (κ3) is 3.55. The summed E-state index contributed by atoms with van der Waals surface area (Å²) in [6.07, 6.45) is 4.84. The van der Waals surface area contributed by atoms with Crippen LogP contribution in [-0.4, -0.2) is 21.3 Å². The summed E-state index contributed by atoms with van der Waals surface area (Å²) in [5.41, 5.74) is 2.50. The summed E-state index contributed by atoms with van der Waals surface area (Å²) in [5, 5.41) is 28.8. The van der Waals surface area contributed by atoms with Crippen LogP contribution in [0, 0.1) is 0 Å². The highest BCUT2D eigenvalue weighted by Crippen LogP contribution is 2.36. The number of allylic oxidation sites excluding steroid dienone is 1. The Bertz CT molecular complexity index is 745. The van der Waals surface area contributed by atoms with Gasteiger partial charge in [-0.25, -0.2) is 4.79 Å². The lowest BCUT2D eigenvalue weighted by molar-refractivity contribution is -0.131. The van der Waals surface area contributed by atoms with Crippen LogP contribution in [0.15, 0.2) is 55.1 Å². The smallest absolute Gasteiger partial charge is 0.328 e. The molecule has 0 spiro atoms. The van der Waals surface area contributed by atoms with E-state index in [0.29, 0.717) is 23.1 Å². The molecule has 0 bridgehead atoms. The third-order valence-electron chi connectivity index (χ3n) is 3.17. The summed E-state index contributed by atoms with van der Waals surface area (Å²) in [7, 11) is 0. The molecule has 0 aliphatic heterocycles. The molecule has 4 nitrogen and oxygen atoms in total. The van der Waals surface area contributed by atoms with Gasteiger partial charge in [0.25, 0.3) is 0 Å². The number of hydrogen-bond acceptors (Lipinski definition) is 3. The van der Waals surface area contributed by atoms with E-state index in [4.69, 9.17) is 5.11 Å². The Hall–Kier alpha value is -3.01. The minimum atomic E-state index is -1.05. The predicted octanol–water partition coefficient (Wildman–Crippen LogP) is 3.59. The van der Waals surface area contributed by atoms with Crippen LogP contribution in [0.2, 0.25) is 0 Å². The van der Waals surface area contributed by atoms with E-state index in [1.54, 1.807) is 36.4 Å². The van der Waals surface area contributed by atoms with Gasteiger partial charge in [-0.15, -0.1) is 6.58 Å². The van der Waals surface area contributed by atoms with E-state index in [0.717, 1.165) is 11.6 Å². The van der Waals surface area contributed by atoms with Gasteiger partial charge in [-0.3, -0.25) is 0 Å². The molecule has 0 saturated carbocycles. The number of phenolic OH excluding ortho intramolecular Hbond substituents is 2. The number of aromatic hydroxyl groups is 2. The zero-order valence-electron chi connectivity index (χ0n) is 11.9. The summed E-state index contributed by atoms with van der Waals surface area (Å²) < 4.78 is 0. The van der Waals surface area contributed by atoms with Crippen molar-refractivity contribution in [1.29, 1.82) is 0 Å². The molecular weight excluding hydrogens is 280 g/mol. The fourth-order valence-corrected chi connectivity index (χ4v) is 2.13. The van der Waals surface area contributed by atoms with Gasteiger partial charge in [-0.05, 0) is 47.9 Å². The van der Waals surface area contributed by atoms with Crippen molar-refractivity contribution < 1.29 is 20.1 Å². The first kappa shape index (κ1) is 15.4. The van der Waals surface area contributed by atoms with Crippen molar-refractivity contribution in [1.82, 2.24) is 0 Å². The average molecular weight is 296 g/mol. The molecule has 0 atom stereocenters. The Morgan fingerprint density at radius 2 is 1.68 bits per heavy atom. The number of hydrogen-bond donors (Lipinski definition) is 3. The maximum atomic E-state index is 10.6. The summed E-state index contributed by atoms with van der Waals surface area (Å²) in [6, 6.07) is 9.82. The van der Waals surface area contributed by atoms with Gasteiger partial charge >= 0.3 is 5.97 Å². The van der Waals surface area contributed by atoms with Crippen molar-refractivity contribution >= 4 is 12.0 Å².